The Bertz CT molecular complexity index is 2880. The minimum atomic E-state index is 0.709. The van der Waals surface area contributed by atoms with E-state index in [1.807, 2.05) is 42.6 Å². The van der Waals surface area contributed by atoms with Gasteiger partial charge >= 0.3 is 0 Å². The summed E-state index contributed by atoms with van der Waals surface area (Å²) in [5.74, 6) is 0.709. The predicted octanol–water partition coefficient (Wildman–Crippen LogP) is 12.9. The second-order valence-electron chi connectivity index (χ2n) is 13.7. The van der Waals surface area contributed by atoms with E-state index < -0.39 is 0 Å². The molecule has 3 heterocycles. The van der Waals surface area contributed by atoms with Crippen molar-refractivity contribution in [2.75, 3.05) is 0 Å². The van der Waals surface area contributed by atoms with Crippen molar-refractivity contribution in [1.82, 2.24) is 19.6 Å². The molecule has 0 aliphatic rings. The van der Waals surface area contributed by atoms with Crippen molar-refractivity contribution in [3.05, 3.63) is 206 Å². The Kier molecular flexibility index (Phi) is 8.12. The molecule has 10 rings (SSSR count). The molecular weight excluding hydrogens is 669 g/mol. The topological polar surface area (TPSA) is 43.1 Å². The van der Waals surface area contributed by atoms with Crippen molar-refractivity contribution in [2.45, 2.75) is 0 Å². The largest absolute Gasteiger partial charge is 0.231 e. The fourth-order valence-corrected chi connectivity index (χ4v) is 7.66. The van der Waals surface area contributed by atoms with E-state index in [2.05, 4.69) is 168 Å². The average Bonchev–Trinajstić information content (AvgIpc) is 3.72. The Hall–Kier alpha value is -7.43. The van der Waals surface area contributed by atoms with E-state index in [9.17, 15) is 0 Å². The van der Waals surface area contributed by atoms with Crippen LogP contribution in [0.2, 0.25) is 0 Å². The van der Waals surface area contributed by atoms with Gasteiger partial charge in [-0.2, -0.15) is 5.10 Å². The Morgan fingerprint density at radius 3 is 1.49 bits per heavy atom. The van der Waals surface area contributed by atoms with Gasteiger partial charge in [-0.25, -0.2) is 14.5 Å². The number of aromatic nitrogens is 4. The van der Waals surface area contributed by atoms with Crippen LogP contribution in [0.5, 0.6) is 0 Å². The van der Waals surface area contributed by atoms with Gasteiger partial charge in [-0.3, -0.25) is 0 Å². The van der Waals surface area contributed by atoms with E-state index in [1.165, 1.54) is 5.39 Å². The average molecular weight is 703 g/mol. The van der Waals surface area contributed by atoms with Gasteiger partial charge in [0.05, 0.1) is 28.8 Å². The number of nitrogens with zero attached hydrogens (tertiary/aromatic N) is 4. The predicted molar refractivity (Wildman–Crippen MR) is 226 cm³/mol. The van der Waals surface area contributed by atoms with Gasteiger partial charge in [-0.15, -0.1) is 0 Å². The molecule has 7 aromatic carbocycles. The van der Waals surface area contributed by atoms with Gasteiger partial charge in [0.1, 0.15) is 0 Å². The zero-order chi connectivity index (χ0) is 36.6. The van der Waals surface area contributed by atoms with Crippen LogP contribution in [0.3, 0.4) is 0 Å². The molecule has 0 saturated heterocycles. The summed E-state index contributed by atoms with van der Waals surface area (Å²) in [7, 11) is 0. The molecule has 0 aliphatic carbocycles. The molecule has 55 heavy (non-hydrogen) atoms. The highest BCUT2D eigenvalue weighted by molar-refractivity contribution is 6.13. The summed E-state index contributed by atoms with van der Waals surface area (Å²) in [5.41, 5.74) is 14.9. The van der Waals surface area contributed by atoms with Crippen LogP contribution in [0, 0.1) is 0 Å². The monoisotopic (exact) mass is 702 g/mol. The molecule has 0 atom stereocenters. The number of fused-ring (bicyclic) bond motifs is 3. The fourth-order valence-electron chi connectivity index (χ4n) is 7.66. The maximum Gasteiger partial charge on any atom is 0.160 e. The first-order valence-electron chi connectivity index (χ1n) is 18.5. The molecule has 0 saturated carbocycles. The van der Waals surface area contributed by atoms with Crippen molar-refractivity contribution in [1.29, 1.82) is 0 Å². The molecule has 0 bridgehead atoms. The first-order valence-corrected chi connectivity index (χ1v) is 18.5. The summed E-state index contributed by atoms with van der Waals surface area (Å²) in [6.45, 7) is 0. The first-order chi connectivity index (χ1) is 27.3. The molecule has 0 unspecified atom stereocenters. The van der Waals surface area contributed by atoms with Crippen LogP contribution in [0.4, 0.5) is 0 Å². The SMILES string of the molecule is c1ccc(-c2cc(-c3ccc(-c4cccc(-c5c(-c6ccccc6)n6ncc(-c7ccccc7)c6c6ccccc56)c4)cc3)nc(-c3ccccc3)n2)cc1. The number of benzene rings is 7. The minimum Gasteiger partial charge on any atom is -0.231 e. The van der Waals surface area contributed by atoms with Crippen LogP contribution in [0.25, 0.3) is 94.8 Å². The quantitative estimate of drug-likeness (QED) is 0.166. The maximum absolute atomic E-state index is 5.08. The lowest BCUT2D eigenvalue weighted by Crippen LogP contribution is -2.00. The van der Waals surface area contributed by atoms with Gasteiger partial charge in [0, 0.05) is 38.8 Å². The highest BCUT2D eigenvalue weighted by Gasteiger charge is 2.21. The molecule has 3 aromatic heterocycles. The molecule has 10 aromatic rings. The summed E-state index contributed by atoms with van der Waals surface area (Å²) in [4.78, 5) is 10.0. The van der Waals surface area contributed by atoms with E-state index in [-0.39, 0.29) is 0 Å². The van der Waals surface area contributed by atoms with Crippen LogP contribution >= 0.6 is 0 Å². The number of pyridine rings is 1. The molecule has 258 valence electrons. The van der Waals surface area contributed by atoms with Gasteiger partial charge < -0.3 is 0 Å². The Morgan fingerprint density at radius 1 is 0.345 bits per heavy atom. The third kappa shape index (κ3) is 5.96. The van der Waals surface area contributed by atoms with E-state index >= 15 is 0 Å². The summed E-state index contributed by atoms with van der Waals surface area (Å²) >= 11 is 0. The third-order valence-corrected chi connectivity index (χ3v) is 10.3. The van der Waals surface area contributed by atoms with Crippen molar-refractivity contribution in [3.8, 4) is 78.5 Å². The molecule has 0 amide bonds. The van der Waals surface area contributed by atoms with Crippen LogP contribution in [-0.4, -0.2) is 19.6 Å². The fraction of sp³-hybridized carbons (Fsp3) is 0. The molecule has 4 nitrogen and oxygen atoms in total. The molecular formula is C51H34N4. The number of hydrogen-bond acceptors (Lipinski definition) is 3. The van der Waals surface area contributed by atoms with Crippen LogP contribution < -0.4 is 0 Å². The second kappa shape index (κ2) is 13.8. The van der Waals surface area contributed by atoms with Crippen LogP contribution in [-0.2, 0) is 0 Å². The van der Waals surface area contributed by atoms with Crippen LogP contribution in [0.1, 0.15) is 0 Å². The minimum absolute atomic E-state index is 0.709. The van der Waals surface area contributed by atoms with Crippen molar-refractivity contribution in [3.63, 3.8) is 0 Å². The van der Waals surface area contributed by atoms with Gasteiger partial charge in [0.2, 0.25) is 0 Å². The number of hydrogen-bond donors (Lipinski definition) is 0. The highest BCUT2D eigenvalue weighted by atomic mass is 15.2. The molecule has 0 N–H and O–H groups in total. The lowest BCUT2D eigenvalue weighted by molar-refractivity contribution is 0.976. The van der Waals surface area contributed by atoms with Gasteiger partial charge in [-0.1, -0.05) is 188 Å². The normalized spacial score (nSPS) is 11.3. The first kappa shape index (κ1) is 32.2. The number of rotatable bonds is 7. The zero-order valence-electron chi connectivity index (χ0n) is 29.9. The van der Waals surface area contributed by atoms with Crippen molar-refractivity contribution in [2.24, 2.45) is 0 Å². The van der Waals surface area contributed by atoms with E-state index in [1.54, 1.807) is 0 Å². The molecule has 0 fully saturated rings. The maximum atomic E-state index is 5.08. The third-order valence-electron chi connectivity index (χ3n) is 10.3. The summed E-state index contributed by atoms with van der Waals surface area (Å²) < 4.78 is 2.14. The summed E-state index contributed by atoms with van der Waals surface area (Å²) in [6, 6.07) is 70.1. The zero-order valence-corrected chi connectivity index (χ0v) is 29.9. The lowest BCUT2D eigenvalue weighted by atomic mass is 9.90. The van der Waals surface area contributed by atoms with E-state index in [0.29, 0.717) is 5.82 Å². The summed E-state index contributed by atoms with van der Waals surface area (Å²) in [5, 5.41) is 7.43. The second-order valence-corrected chi connectivity index (χ2v) is 13.7. The molecule has 4 heteroatoms. The van der Waals surface area contributed by atoms with Gasteiger partial charge in [0.25, 0.3) is 0 Å². The van der Waals surface area contributed by atoms with Crippen LogP contribution in [0.15, 0.2) is 206 Å². The molecule has 0 spiro atoms. The molecule has 0 radical (unpaired) electrons. The standard InChI is InChI=1S/C51H34N4/c1-5-16-36(17-6-1)45-34-52-55-49(39-20-9-3-10-21-39)48(43-26-13-14-27-44(43)50(45)55)42-25-15-24-41(32-42)35-28-30-38(31-29-35)47-33-46(37-18-7-2-8-19-37)53-51(54-47)40-22-11-4-12-23-40/h1-34H. The Morgan fingerprint density at radius 2 is 0.836 bits per heavy atom. The Labute approximate surface area is 319 Å². The highest BCUT2D eigenvalue weighted by Crippen LogP contribution is 2.43. The van der Waals surface area contributed by atoms with E-state index in [4.69, 9.17) is 15.1 Å². The smallest absolute Gasteiger partial charge is 0.160 e. The molecule has 0 aliphatic heterocycles. The van der Waals surface area contributed by atoms with Crippen molar-refractivity contribution < 1.29 is 0 Å². The Balaban J connectivity index is 1.10. The van der Waals surface area contributed by atoms with Gasteiger partial charge in [-0.05, 0) is 39.8 Å². The lowest BCUT2D eigenvalue weighted by Gasteiger charge is -2.18. The van der Waals surface area contributed by atoms with Crippen molar-refractivity contribution >= 4 is 16.3 Å². The summed E-state index contributed by atoms with van der Waals surface area (Å²) in [6.07, 6.45) is 2.01. The van der Waals surface area contributed by atoms with Gasteiger partial charge in [0.15, 0.2) is 5.82 Å². The van der Waals surface area contributed by atoms with E-state index in [0.717, 1.165) is 83.6 Å².